The number of nitrogens with zero attached hydrogens (tertiary/aromatic N) is 1. The maximum absolute atomic E-state index is 11.9. The normalized spacial score (nSPS) is 11.8. The summed E-state index contributed by atoms with van der Waals surface area (Å²) in [5, 5.41) is 0.0921. The first kappa shape index (κ1) is 14.5. The third-order valence-electron chi connectivity index (χ3n) is 2.16. The van der Waals surface area contributed by atoms with Gasteiger partial charge in [0.15, 0.2) is 5.78 Å². The van der Waals surface area contributed by atoms with E-state index < -0.39 is 10.0 Å². The zero-order chi connectivity index (χ0) is 13.2. The lowest BCUT2D eigenvalue weighted by atomic mass is 10.1. The number of Topliss-reactive ketones (excluding diaryl/α,β-unsaturated/α-hetero) is 1. The van der Waals surface area contributed by atoms with Crippen molar-refractivity contribution < 1.29 is 13.2 Å². The van der Waals surface area contributed by atoms with Gasteiger partial charge in [0.25, 0.3) is 0 Å². The molecule has 0 fully saturated rings. The van der Waals surface area contributed by atoms with Crippen LogP contribution in [0.1, 0.15) is 10.4 Å². The Morgan fingerprint density at radius 2 is 2.00 bits per heavy atom. The molecule has 0 aliphatic heterocycles. The average molecular weight is 294 g/mol. The number of halogens is 1. The summed E-state index contributed by atoms with van der Waals surface area (Å²) in [5.74, 6) is -0.233. The number of ketones is 1. The number of hydrogen-bond acceptors (Lipinski definition) is 4. The molecule has 1 aromatic rings. The number of thiol groups is 1. The first-order chi connectivity index (χ1) is 7.80. The van der Waals surface area contributed by atoms with E-state index in [0.29, 0.717) is 0 Å². The third-order valence-corrected chi connectivity index (χ3v) is 4.74. The van der Waals surface area contributed by atoms with Gasteiger partial charge in [0, 0.05) is 19.7 Å². The van der Waals surface area contributed by atoms with E-state index in [-0.39, 0.29) is 27.0 Å². The first-order valence-corrected chi connectivity index (χ1v) is 7.12. The summed E-state index contributed by atoms with van der Waals surface area (Å²) in [7, 11) is -0.844. The van der Waals surface area contributed by atoms with Gasteiger partial charge < -0.3 is 0 Å². The van der Waals surface area contributed by atoms with Gasteiger partial charge in [-0.1, -0.05) is 11.6 Å². The van der Waals surface area contributed by atoms with E-state index in [0.717, 1.165) is 4.31 Å². The molecule has 1 aromatic carbocycles. The van der Waals surface area contributed by atoms with Crippen molar-refractivity contribution in [3.63, 3.8) is 0 Å². The van der Waals surface area contributed by atoms with Gasteiger partial charge in [-0.3, -0.25) is 4.79 Å². The molecular weight excluding hydrogens is 282 g/mol. The summed E-state index contributed by atoms with van der Waals surface area (Å²) in [6, 6.07) is 4.15. The minimum Gasteiger partial charge on any atom is -0.293 e. The molecule has 0 amide bonds. The standard InChI is InChI=1S/C10H12ClNO3S2/c1-12(2)17(14,15)10-5-7(9(13)6-16)3-4-8(10)11/h3-5,16H,6H2,1-2H3. The maximum atomic E-state index is 11.9. The van der Waals surface area contributed by atoms with Crippen LogP contribution in [-0.2, 0) is 10.0 Å². The van der Waals surface area contributed by atoms with Crippen LogP contribution in [0.25, 0.3) is 0 Å². The van der Waals surface area contributed by atoms with Crippen molar-refractivity contribution in [2.24, 2.45) is 0 Å². The summed E-state index contributed by atoms with van der Waals surface area (Å²) >= 11 is 9.69. The van der Waals surface area contributed by atoms with E-state index in [1.165, 1.54) is 32.3 Å². The van der Waals surface area contributed by atoms with Crippen LogP contribution >= 0.6 is 24.2 Å². The largest absolute Gasteiger partial charge is 0.293 e. The molecule has 0 N–H and O–H groups in total. The Bertz CT molecular complexity index is 540. The quantitative estimate of drug-likeness (QED) is 0.679. The van der Waals surface area contributed by atoms with Crippen LogP contribution in [0.3, 0.4) is 0 Å². The van der Waals surface area contributed by atoms with E-state index in [1.807, 2.05) is 0 Å². The van der Waals surface area contributed by atoms with Gasteiger partial charge >= 0.3 is 0 Å². The van der Waals surface area contributed by atoms with Crippen molar-refractivity contribution in [1.29, 1.82) is 0 Å². The van der Waals surface area contributed by atoms with Crippen molar-refractivity contribution in [3.05, 3.63) is 28.8 Å². The van der Waals surface area contributed by atoms with Crippen molar-refractivity contribution >= 4 is 40.0 Å². The molecule has 0 saturated carbocycles. The van der Waals surface area contributed by atoms with E-state index in [4.69, 9.17) is 11.6 Å². The van der Waals surface area contributed by atoms with Crippen molar-refractivity contribution in [2.45, 2.75) is 4.90 Å². The fraction of sp³-hybridized carbons (Fsp3) is 0.300. The molecule has 0 heterocycles. The molecule has 0 aliphatic carbocycles. The molecule has 0 saturated heterocycles. The minimum atomic E-state index is -3.65. The topological polar surface area (TPSA) is 54.5 Å². The highest BCUT2D eigenvalue weighted by molar-refractivity contribution is 7.89. The van der Waals surface area contributed by atoms with Gasteiger partial charge in [-0.15, -0.1) is 0 Å². The predicted octanol–water partition coefficient (Wildman–Crippen LogP) is 1.70. The molecule has 0 spiro atoms. The van der Waals surface area contributed by atoms with Crippen molar-refractivity contribution in [2.75, 3.05) is 19.8 Å². The Hall–Kier alpha value is -0.560. The Morgan fingerprint density at radius 3 is 2.47 bits per heavy atom. The van der Waals surface area contributed by atoms with E-state index in [9.17, 15) is 13.2 Å². The van der Waals surface area contributed by atoms with Crippen LogP contribution in [0.4, 0.5) is 0 Å². The summed E-state index contributed by atoms with van der Waals surface area (Å²) in [4.78, 5) is 11.4. The van der Waals surface area contributed by atoms with E-state index >= 15 is 0 Å². The van der Waals surface area contributed by atoms with E-state index in [1.54, 1.807) is 0 Å². The van der Waals surface area contributed by atoms with Gasteiger partial charge in [-0.25, -0.2) is 12.7 Å². The predicted molar refractivity (Wildman–Crippen MR) is 70.5 cm³/mol. The lowest BCUT2D eigenvalue weighted by Crippen LogP contribution is -2.23. The maximum Gasteiger partial charge on any atom is 0.244 e. The molecule has 0 aromatic heterocycles. The summed E-state index contributed by atoms with van der Waals surface area (Å²) in [6.07, 6.45) is 0. The Balaban J connectivity index is 3.40. The minimum absolute atomic E-state index is 0.0169. The first-order valence-electron chi connectivity index (χ1n) is 4.67. The van der Waals surface area contributed by atoms with Crippen LogP contribution in [0.15, 0.2) is 23.1 Å². The lowest BCUT2D eigenvalue weighted by molar-refractivity contribution is 0.102. The highest BCUT2D eigenvalue weighted by Gasteiger charge is 2.22. The molecule has 7 heteroatoms. The monoisotopic (exact) mass is 293 g/mol. The summed E-state index contributed by atoms with van der Waals surface area (Å²) in [6.45, 7) is 0. The Kier molecular flexibility index (Phi) is 4.60. The molecular formula is C10H12ClNO3S2. The third kappa shape index (κ3) is 3.01. The molecule has 4 nitrogen and oxygen atoms in total. The summed E-state index contributed by atoms with van der Waals surface area (Å²) in [5.41, 5.74) is 0.282. The zero-order valence-electron chi connectivity index (χ0n) is 9.34. The van der Waals surface area contributed by atoms with Gasteiger partial charge in [0.1, 0.15) is 4.90 Å². The summed E-state index contributed by atoms with van der Waals surface area (Å²) < 4.78 is 24.9. The molecule has 0 unspecified atom stereocenters. The van der Waals surface area contributed by atoms with E-state index in [2.05, 4.69) is 12.6 Å². The Labute approximate surface area is 111 Å². The van der Waals surface area contributed by atoms with Gasteiger partial charge in [-0.05, 0) is 18.2 Å². The van der Waals surface area contributed by atoms with Gasteiger partial charge in [-0.2, -0.15) is 12.6 Å². The van der Waals surface area contributed by atoms with Gasteiger partial charge in [0.05, 0.1) is 10.8 Å². The highest BCUT2D eigenvalue weighted by atomic mass is 35.5. The van der Waals surface area contributed by atoms with Crippen LogP contribution < -0.4 is 0 Å². The van der Waals surface area contributed by atoms with Crippen molar-refractivity contribution in [3.8, 4) is 0 Å². The molecule has 0 radical (unpaired) electrons. The average Bonchev–Trinajstić information content (AvgIpc) is 2.28. The molecule has 1 rings (SSSR count). The SMILES string of the molecule is CN(C)S(=O)(=O)c1cc(C(=O)CS)ccc1Cl. The number of carbonyl (C=O) groups is 1. The second-order valence-corrected chi connectivity index (χ2v) is 6.36. The van der Waals surface area contributed by atoms with Crippen molar-refractivity contribution in [1.82, 2.24) is 4.31 Å². The van der Waals surface area contributed by atoms with Crippen LogP contribution in [-0.4, -0.2) is 38.4 Å². The Morgan fingerprint density at radius 1 is 1.41 bits per heavy atom. The van der Waals surface area contributed by atoms with Crippen LogP contribution in [0.2, 0.25) is 5.02 Å². The highest BCUT2D eigenvalue weighted by Crippen LogP contribution is 2.25. The lowest BCUT2D eigenvalue weighted by Gasteiger charge is -2.13. The molecule has 17 heavy (non-hydrogen) atoms. The van der Waals surface area contributed by atoms with Crippen LogP contribution in [0.5, 0.6) is 0 Å². The second-order valence-electron chi connectivity index (χ2n) is 3.51. The zero-order valence-corrected chi connectivity index (χ0v) is 11.8. The second kappa shape index (κ2) is 5.39. The molecule has 0 bridgehead atoms. The fourth-order valence-electron chi connectivity index (χ4n) is 1.16. The molecule has 0 aliphatic rings. The number of hydrogen-bond donors (Lipinski definition) is 1. The van der Waals surface area contributed by atoms with Gasteiger partial charge in [0.2, 0.25) is 10.0 Å². The number of benzene rings is 1. The molecule has 0 atom stereocenters. The number of sulfonamides is 1. The smallest absolute Gasteiger partial charge is 0.244 e. The number of carbonyl (C=O) groups excluding carboxylic acids is 1. The fourth-order valence-corrected chi connectivity index (χ4v) is 2.74. The number of rotatable bonds is 4. The molecule has 94 valence electrons. The van der Waals surface area contributed by atoms with Crippen LogP contribution in [0, 0.1) is 0 Å².